The van der Waals surface area contributed by atoms with E-state index in [4.69, 9.17) is 0 Å². The van der Waals surface area contributed by atoms with Crippen LogP contribution in [0.15, 0.2) is 0 Å². The average molecular weight is 213 g/mol. The molecule has 0 rings (SSSR count). The molecule has 0 aromatic heterocycles. The van der Waals surface area contributed by atoms with E-state index in [2.05, 4.69) is 39.9 Å². The standard InChI is InChI=1S/C14H31N/c1-6-9-13(4)11-14(5,10-7-2)12-15-8-3/h13,15H,6-12H2,1-5H3. The SMILES string of the molecule is CCCC(C)CC(C)(CCC)CNCC. The average Bonchev–Trinajstić information content (AvgIpc) is 2.15. The summed E-state index contributed by atoms with van der Waals surface area (Å²) < 4.78 is 0. The van der Waals surface area contributed by atoms with Gasteiger partial charge in [-0.25, -0.2) is 0 Å². The molecule has 2 unspecified atom stereocenters. The lowest BCUT2D eigenvalue weighted by atomic mass is 9.77. The zero-order valence-electron chi connectivity index (χ0n) is 11.5. The molecule has 1 heteroatoms. The second-order valence-corrected chi connectivity index (χ2v) is 5.44. The Kier molecular flexibility index (Phi) is 8.13. The van der Waals surface area contributed by atoms with Crippen molar-refractivity contribution in [3.8, 4) is 0 Å². The molecule has 15 heavy (non-hydrogen) atoms. The van der Waals surface area contributed by atoms with Gasteiger partial charge in [0.15, 0.2) is 0 Å². The summed E-state index contributed by atoms with van der Waals surface area (Å²) in [5.74, 6) is 0.880. The molecular weight excluding hydrogens is 182 g/mol. The van der Waals surface area contributed by atoms with E-state index in [0.717, 1.165) is 12.5 Å². The third-order valence-electron chi connectivity index (χ3n) is 3.28. The molecule has 0 fully saturated rings. The third kappa shape index (κ3) is 6.94. The van der Waals surface area contributed by atoms with Crippen LogP contribution in [0.4, 0.5) is 0 Å². The van der Waals surface area contributed by atoms with Gasteiger partial charge in [0.1, 0.15) is 0 Å². The lowest BCUT2D eigenvalue weighted by molar-refractivity contribution is 0.212. The maximum atomic E-state index is 3.52. The summed E-state index contributed by atoms with van der Waals surface area (Å²) in [7, 11) is 0. The first-order valence-corrected chi connectivity index (χ1v) is 6.78. The quantitative estimate of drug-likeness (QED) is 0.604. The van der Waals surface area contributed by atoms with Crippen molar-refractivity contribution in [3.63, 3.8) is 0 Å². The van der Waals surface area contributed by atoms with Gasteiger partial charge in [-0.3, -0.25) is 0 Å². The van der Waals surface area contributed by atoms with Crippen LogP contribution in [0.3, 0.4) is 0 Å². The Morgan fingerprint density at radius 3 is 2.27 bits per heavy atom. The van der Waals surface area contributed by atoms with Gasteiger partial charge in [-0.15, -0.1) is 0 Å². The minimum Gasteiger partial charge on any atom is -0.316 e. The number of hydrogen-bond acceptors (Lipinski definition) is 1. The highest BCUT2D eigenvalue weighted by molar-refractivity contribution is 4.78. The third-order valence-corrected chi connectivity index (χ3v) is 3.28. The summed E-state index contributed by atoms with van der Waals surface area (Å²) in [5.41, 5.74) is 0.513. The Bertz CT molecular complexity index is 144. The Morgan fingerprint density at radius 1 is 1.13 bits per heavy atom. The minimum absolute atomic E-state index is 0.513. The summed E-state index contributed by atoms with van der Waals surface area (Å²) in [6.45, 7) is 13.9. The zero-order valence-corrected chi connectivity index (χ0v) is 11.5. The molecule has 0 aromatic rings. The van der Waals surface area contributed by atoms with Crippen LogP contribution in [0.2, 0.25) is 0 Å². The predicted octanol–water partition coefficient (Wildman–Crippen LogP) is 4.23. The Balaban J connectivity index is 4.09. The number of hydrogen-bond donors (Lipinski definition) is 1. The summed E-state index contributed by atoms with van der Waals surface area (Å²) >= 11 is 0. The summed E-state index contributed by atoms with van der Waals surface area (Å²) in [6.07, 6.45) is 6.74. The molecule has 0 bridgehead atoms. The van der Waals surface area contributed by atoms with Crippen LogP contribution in [0.5, 0.6) is 0 Å². The largest absolute Gasteiger partial charge is 0.316 e. The minimum atomic E-state index is 0.513. The predicted molar refractivity (Wildman–Crippen MR) is 70.2 cm³/mol. The van der Waals surface area contributed by atoms with E-state index in [0.29, 0.717) is 5.41 Å². The van der Waals surface area contributed by atoms with Gasteiger partial charge in [-0.2, -0.15) is 0 Å². The van der Waals surface area contributed by atoms with Gasteiger partial charge in [-0.1, -0.05) is 53.9 Å². The zero-order chi connectivity index (χ0) is 11.7. The molecule has 0 saturated heterocycles. The highest BCUT2D eigenvalue weighted by Crippen LogP contribution is 2.32. The second kappa shape index (κ2) is 8.15. The van der Waals surface area contributed by atoms with E-state index in [9.17, 15) is 0 Å². The lowest BCUT2D eigenvalue weighted by Gasteiger charge is -2.32. The van der Waals surface area contributed by atoms with Crippen molar-refractivity contribution in [1.82, 2.24) is 5.32 Å². The van der Waals surface area contributed by atoms with Gasteiger partial charge in [0.05, 0.1) is 0 Å². The van der Waals surface area contributed by atoms with E-state index in [1.807, 2.05) is 0 Å². The van der Waals surface area contributed by atoms with E-state index in [-0.39, 0.29) is 0 Å². The van der Waals surface area contributed by atoms with Crippen molar-refractivity contribution >= 4 is 0 Å². The fraction of sp³-hybridized carbons (Fsp3) is 1.00. The van der Waals surface area contributed by atoms with Gasteiger partial charge in [0, 0.05) is 6.54 Å². The highest BCUT2D eigenvalue weighted by Gasteiger charge is 2.24. The van der Waals surface area contributed by atoms with Crippen molar-refractivity contribution in [2.24, 2.45) is 11.3 Å². The van der Waals surface area contributed by atoms with Crippen LogP contribution in [0.25, 0.3) is 0 Å². The molecule has 0 aromatic carbocycles. The summed E-state index contributed by atoms with van der Waals surface area (Å²) in [5, 5.41) is 3.52. The van der Waals surface area contributed by atoms with Crippen LogP contribution in [-0.2, 0) is 0 Å². The molecule has 1 nitrogen and oxygen atoms in total. The van der Waals surface area contributed by atoms with E-state index in [1.165, 1.54) is 38.6 Å². The molecule has 0 saturated carbocycles. The van der Waals surface area contributed by atoms with Crippen molar-refractivity contribution < 1.29 is 0 Å². The van der Waals surface area contributed by atoms with Gasteiger partial charge < -0.3 is 5.32 Å². The number of nitrogens with one attached hydrogen (secondary N) is 1. The first-order chi connectivity index (χ1) is 7.08. The Hall–Kier alpha value is -0.0400. The number of rotatable bonds is 9. The van der Waals surface area contributed by atoms with Gasteiger partial charge in [-0.05, 0) is 30.7 Å². The van der Waals surface area contributed by atoms with Crippen molar-refractivity contribution in [2.45, 2.75) is 66.7 Å². The first-order valence-electron chi connectivity index (χ1n) is 6.78. The summed E-state index contributed by atoms with van der Waals surface area (Å²) in [6, 6.07) is 0. The van der Waals surface area contributed by atoms with E-state index in [1.54, 1.807) is 0 Å². The van der Waals surface area contributed by atoms with Crippen LogP contribution in [0, 0.1) is 11.3 Å². The van der Waals surface area contributed by atoms with Gasteiger partial charge in [0.25, 0.3) is 0 Å². The molecule has 0 aliphatic heterocycles. The van der Waals surface area contributed by atoms with Crippen LogP contribution >= 0.6 is 0 Å². The Labute approximate surface area is 97.0 Å². The lowest BCUT2D eigenvalue weighted by Crippen LogP contribution is -2.33. The molecule has 0 heterocycles. The van der Waals surface area contributed by atoms with Crippen LogP contribution in [-0.4, -0.2) is 13.1 Å². The highest BCUT2D eigenvalue weighted by atomic mass is 14.9. The molecule has 0 radical (unpaired) electrons. The fourth-order valence-corrected chi connectivity index (χ4v) is 2.73. The first kappa shape index (κ1) is 15.0. The van der Waals surface area contributed by atoms with Crippen LogP contribution < -0.4 is 5.32 Å². The summed E-state index contributed by atoms with van der Waals surface area (Å²) in [4.78, 5) is 0. The normalized spacial score (nSPS) is 17.4. The Morgan fingerprint density at radius 2 is 1.80 bits per heavy atom. The molecule has 0 spiro atoms. The molecule has 1 N–H and O–H groups in total. The fourth-order valence-electron chi connectivity index (χ4n) is 2.73. The van der Waals surface area contributed by atoms with Gasteiger partial charge in [0.2, 0.25) is 0 Å². The molecule has 0 aliphatic rings. The molecule has 92 valence electrons. The van der Waals surface area contributed by atoms with E-state index < -0.39 is 0 Å². The molecule has 0 amide bonds. The van der Waals surface area contributed by atoms with Crippen molar-refractivity contribution in [1.29, 1.82) is 0 Å². The second-order valence-electron chi connectivity index (χ2n) is 5.44. The molecular formula is C14H31N. The monoisotopic (exact) mass is 213 g/mol. The topological polar surface area (TPSA) is 12.0 Å². The van der Waals surface area contributed by atoms with Crippen LogP contribution in [0.1, 0.15) is 66.7 Å². The van der Waals surface area contributed by atoms with Crippen molar-refractivity contribution in [3.05, 3.63) is 0 Å². The maximum Gasteiger partial charge on any atom is 0.000514 e. The van der Waals surface area contributed by atoms with Gasteiger partial charge >= 0.3 is 0 Å². The smallest absolute Gasteiger partial charge is 0.000514 e. The maximum absolute atomic E-state index is 3.52. The molecule has 2 atom stereocenters. The van der Waals surface area contributed by atoms with Crippen molar-refractivity contribution in [2.75, 3.05) is 13.1 Å². The van der Waals surface area contributed by atoms with E-state index >= 15 is 0 Å². The molecule has 0 aliphatic carbocycles.